The van der Waals surface area contributed by atoms with Crippen LogP contribution in [0.25, 0.3) is 11.1 Å². The van der Waals surface area contributed by atoms with Gasteiger partial charge in [0.15, 0.2) is 0 Å². The average molecular weight is 439 g/mol. The van der Waals surface area contributed by atoms with Gasteiger partial charge in [-0.2, -0.15) is 0 Å². The largest absolute Gasteiger partial charge is 0.497 e. The SMILES string of the molecule is COc1ccc(NC(=O)CN2c3ccc(C)cc3-c3ccccc3S2(=O)=O)c(OC)c1. The van der Waals surface area contributed by atoms with Crippen LogP contribution in [0.1, 0.15) is 5.56 Å². The Balaban J connectivity index is 1.70. The Hall–Kier alpha value is -3.52. The van der Waals surface area contributed by atoms with Crippen molar-refractivity contribution in [3.8, 4) is 22.6 Å². The predicted molar refractivity (Wildman–Crippen MR) is 119 cm³/mol. The van der Waals surface area contributed by atoms with Crippen LogP contribution in [0, 0.1) is 6.92 Å². The summed E-state index contributed by atoms with van der Waals surface area (Å²) < 4.78 is 38.3. The van der Waals surface area contributed by atoms with Gasteiger partial charge in [0.05, 0.1) is 30.5 Å². The third-order valence-electron chi connectivity index (χ3n) is 5.14. The summed E-state index contributed by atoms with van der Waals surface area (Å²) in [5.74, 6) is 0.503. The highest BCUT2D eigenvalue weighted by atomic mass is 32.2. The van der Waals surface area contributed by atoms with Crippen molar-refractivity contribution >= 4 is 27.3 Å². The van der Waals surface area contributed by atoms with Crippen LogP contribution in [0.2, 0.25) is 0 Å². The highest BCUT2D eigenvalue weighted by Gasteiger charge is 2.35. The van der Waals surface area contributed by atoms with Gasteiger partial charge < -0.3 is 14.8 Å². The Morgan fingerprint density at radius 3 is 2.48 bits per heavy atom. The molecule has 3 aromatic carbocycles. The number of ether oxygens (including phenoxy) is 2. The molecule has 1 aliphatic rings. The molecule has 0 radical (unpaired) electrons. The van der Waals surface area contributed by atoms with Crippen molar-refractivity contribution in [2.45, 2.75) is 11.8 Å². The van der Waals surface area contributed by atoms with E-state index in [0.717, 1.165) is 15.4 Å². The van der Waals surface area contributed by atoms with E-state index in [2.05, 4.69) is 5.32 Å². The van der Waals surface area contributed by atoms with Gasteiger partial charge in [-0.15, -0.1) is 0 Å². The topological polar surface area (TPSA) is 84.9 Å². The van der Waals surface area contributed by atoms with Crippen LogP contribution in [0.5, 0.6) is 11.5 Å². The molecule has 1 amide bonds. The Bertz CT molecular complexity index is 1270. The van der Waals surface area contributed by atoms with Crippen molar-refractivity contribution in [3.63, 3.8) is 0 Å². The van der Waals surface area contributed by atoms with E-state index >= 15 is 0 Å². The molecular formula is C23H22N2O5S. The molecule has 0 fully saturated rings. The van der Waals surface area contributed by atoms with Crippen LogP contribution in [-0.4, -0.2) is 35.1 Å². The van der Waals surface area contributed by atoms with E-state index in [1.807, 2.05) is 19.1 Å². The molecule has 0 atom stereocenters. The summed E-state index contributed by atoms with van der Waals surface area (Å²) in [5.41, 5.74) is 3.31. The summed E-state index contributed by atoms with van der Waals surface area (Å²) in [6.07, 6.45) is 0. The van der Waals surface area contributed by atoms with E-state index < -0.39 is 15.9 Å². The lowest BCUT2D eigenvalue weighted by atomic mass is 10.0. The maximum absolute atomic E-state index is 13.4. The van der Waals surface area contributed by atoms with Gasteiger partial charge in [-0.05, 0) is 37.3 Å². The van der Waals surface area contributed by atoms with E-state index in [0.29, 0.717) is 28.4 Å². The third kappa shape index (κ3) is 3.70. The fourth-order valence-electron chi connectivity index (χ4n) is 3.64. The number of aryl methyl sites for hydroxylation is 1. The molecule has 3 aromatic rings. The maximum atomic E-state index is 13.4. The second-order valence-corrected chi connectivity index (χ2v) is 8.97. The van der Waals surface area contributed by atoms with Gasteiger partial charge in [0.25, 0.3) is 10.0 Å². The number of fused-ring (bicyclic) bond motifs is 3. The maximum Gasteiger partial charge on any atom is 0.265 e. The highest BCUT2D eigenvalue weighted by molar-refractivity contribution is 7.93. The van der Waals surface area contributed by atoms with Gasteiger partial charge in [-0.3, -0.25) is 9.10 Å². The second-order valence-electron chi connectivity index (χ2n) is 7.14. The number of anilines is 2. The van der Waals surface area contributed by atoms with E-state index in [9.17, 15) is 13.2 Å². The van der Waals surface area contributed by atoms with Crippen LogP contribution < -0.4 is 19.1 Å². The number of methoxy groups -OCH3 is 2. The molecule has 1 heterocycles. The molecule has 7 nitrogen and oxygen atoms in total. The number of nitrogens with zero attached hydrogens (tertiary/aromatic N) is 1. The first kappa shape index (κ1) is 20.7. The number of carbonyl (C=O) groups excluding carboxylic acids is 1. The van der Waals surface area contributed by atoms with Crippen LogP contribution in [0.4, 0.5) is 11.4 Å². The van der Waals surface area contributed by atoms with Crippen molar-refractivity contribution in [1.82, 2.24) is 0 Å². The normalized spacial score (nSPS) is 13.7. The number of sulfonamides is 1. The molecule has 1 aliphatic heterocycles. The fraction of sp³-hybridized carbons (Fsp3) is 0.174. The quantitative estimate of drug-likeness (QED) is 0.655. The van der Waals surface area contributed by atoms with E-state index in [1.54, 1.807) is 48.5 Å². The number of rotatable bonds is 5. The van der Waals surface area contributed by atoms with Crippen molar-refractivity contribution < 1.29 is 22.7 Å². The molecular weight excluding hydrogens is 416 g/mol. The first-order valence-electron chi connectivity index (χ1n) is 9.60. The summed E-state index contributed by atoms with van der Waals surface area (Å²) in [6.45, 7) is 1.57. The molecule has 0 unspecified atom stereocenters. The lowest BCUT2D eigenvalue weighted by molar-refractivity contribution is -0.114. The van der Waals surface area contributed by atoms with Crippen molar-refractivity contribution in [1.29, 1.82) is 0 Å². The minimum atomic E-state index is -3.90. The summed E-state index contributed by atoms with van der Waals surface area (Å²) in [7, 11) is -0.887. The molecule has 4 rings (SSSR count). The zero-order valence-corrected chi connectivity index (χ0v) is 18.2. The van der Waals surface area contributed by atoms with Gasteiger partial charge in [-0.25, -0.2) is 8.42 Å². The molecule has 31 heavy (non-hydrogen) atoms. The molecule has 8 heteroatoms. The monoisotopic (exact) mass is 438 g/mol. The Labute approximate surface area is 181 Å². The predicted octanol–water partition coefficient (Wildman–Crippen LogP) is 3.83. The summed E-state index contributed by atoms with van der Waals surface area (Å²) in [5, 5.41) is 2.74. The third-order valence-corrected chi connectivity index (χ3v) is 6.95. The summed E-state index contributed by atoms with van der Waals surface area (Å²) in [4.78, 5) is 13.1. The lowest BCUT2D eigenvalue weighted by Crippen LogP contribution is -2.40. The minimum Gasteiger partial charge on any atom is -0.497 e. The molecule has 0 saturated carbocycles. The number of hydrogen-bond donors (Lipinski definition) is 1. The van der Waals surface area contributed by atoms with Crippen molar-refractivity contribution in [3.05, 3.63) is 66.2 Å². The van der Waals surface area contributed by atoms with Crippen molar-refractivity contribution in [2.24, 2.45) is 0 Å². The first-order valence-corrected chi connectivity index (χ1v) is 11.0. The summed E-state index contributed by atoms with van der Waals surface area (Å²) in [6, 6.07) is 17.3. The van der Waals surface area contributed by atoms with E-state index in [4.69, 9.17) is 9.47 Å². The standard InChI is InChI=1S/C23H22N2O5S/c1-15-8-11-20-18(12-15)17-6-4-5-7-22(17)31(27,28)25(20)14-23(26)24-19-10-9-16(29-2)13-21(19)30-3/h4-13H,14H2,1-3H3,(H,24,26). The van der Waals surface area contributed by atoms with Gasteiger partial charge in [0.2, 0.25) is 5.91 Å². The van der Waals surface area contributed by atoms with Gasteiger partial charge in [0.1, 0.15) is 18.0 Å². The smallest absolute Gasteiger partial charge is 0.265 e. The molecule has 0 bridgehead atoms. The number of benzene rings is 3. The Kier molecular flexibility index (Phi) is 5.32. The first-order chi connectivity index (χ1) is 14.8. The number of carbonyl (C=O) groups is 1. The van der Waals surface area contributed by atoms with Crippen LogP contribution in [-0.2, 0) is 14.8 Å². The second kappa shape index (κ2) is 7.96. The molecule has 160 valence electrons. The van der Waals surface area contributed by atoms with Gasteiger partial charge in [0, 0.05) is 17.2 Å². The average Bonchev–Trinajstić information content (AvgIpc) is 2.77. The van der Waals surface area contributed by atoms with E-state index in [1.165, 1.54) is 14.2 Å². The summed E-state index contributed by atoms with van der Waals surface area (Å²) >= 11 is 0. The Morgan fingerprint density at radius 2 is 1.74 bits per heavy atom. The highest BCUT2D eigenvalue weighted by Crippen LogP contribution is 2.43. The minimum absolute atomic E-state index is 0.183. The van der Waals surface area contributed by atoms with E-state index in [-0.39, 0.29) is 11.4 Å². The number of hydrogen-bond acceptors (Lipinski definition) is 5. The molecule has 1 N–H and O–H groups in total. The molecule has 0 spiro atoms. The van der Waals surface area contributed by atoms with Crippen LogP contribution in [0.3, 0.4) is 0 Å². The van der Waals surface area contributed by atoms with Crippen LogP contribution >= 0.6 is 0 Å². The Morgan fingerprint density at radius 1 is 0.968 bits per heavy atom. The molecule has 0 saturated heterocycles. The lowest BCUT2D eigenvalue weighted by Gasteiger charge is -2.32. The molecule has 0 aliphatic carbocycles. The van der Waals surface area contributed by atoms with Crippen molar-refractivity contribution in [2.75, 3.05) is 30.4 Å². The van der Waals surface area contributed by atoms with Gasteiger partial charge >= 0.3 is 0 Å². The molecule has 0 aromatic heterocycles. The van der Waals surface area contributed by atoms with Crippen LogP contribution in [0.15, 0.2) is 65.6 Å². The number of nitrogens with one attached hydrogen (secondary N) is 1. The van der Waals surface area contributed by atoms with Gasteiger partial charge in [-0.1, -0.05) is 29.8 Å². The zero-order valence-electron chi connectivity index (χ0n) is 17.4. The number of amides is 1. The fourth-order valence-corrected chi connectivity index (χ4v) is 5.29. The zero-order chi connectivity index (χ0) is 22.2.